The number of fused-ring (bicyclic) bond motifs is 1. The van der Waals surface area contributed by atoms with E-state index in [2.05, 4.69) is 0 Å². The summed E-state index contributed by atoms with van der Waals surface area (Å²) in [6.45, 7) is 3.95. The van der Waals surface area contributed by atoms with Crippen molar-refractivity contribution in [1.82, 2.24) is 4.98 Å². The van der Waals surface area contributed by atoms with Gasteiger partial charge < -0.3 is 14.6 Å². The quantitative estimate of drug-likeness (QED) is 0.186. The lowest BCUT2D eigenvalue weighted by Crippen LogP contribution is -2.29. The minimum Gasteiger partial charge on any atom is -0.507 e. The molecule has 4 aromatic rings. The molecule has 7 nitrogen and oxygen atoms in total. The number of hydrogen-bond acceptors (Lipinski definition) is 7. The molecule has 0 spiro atoms. The average molecular weight is 535 g/mol. The fourth-order valence-electron chi connectivity index (χ4n) is 4.68. The first-order valence-corrected chi connectivity index (χ1v) is 12.6. The number of carbonyl (C=O) groups is 2. The summed E-state index contributed by atoms with van der Waals surface area (Å²) in [6, 6.07) is 14.6. The van der Waals surface area contributed by atoms with Crippen LogP contribution in [0.5, 0.6) is 11.5 Å². The molecule has 3 aromatic carbocycles. The lowest BCUT2D eigenvalue weighted by molar-refractivity contribution is -0.132. The molecule has 0 radical (unpaired) electrons. The van der Waals surface area contributed by atoms with E-state index < -0.39 is 17.7 Å². The van der Waals surface area contributed by atoms with Crippen LogP contribution in [0, 0.1) is 13.8 Å². The van der Waals surface area contributed by atoms with E-state index in [0.717, 1.165) is 21.3 Å². The Balaban J connectivity index is 1.80. The van der Waals surface area contributed by atoms with Crippen molar-refractivity contribution in [3.63, 3.8) is 0 Å². The third kappa shape index (κ3) is 4.12. The molecule has 0 unspecified atom stereocenters. The fourth-order valence-corrected chi connectivity index (χ4v) is 5.97. The highest BCUT2D eigenvalue weighted by Crippen LogP contribution is 2.48. The lowest BCUT2D eigenvalue weighted by atomic mass is 9.94. The monoisotopic (exact) mass is 534 g/mol. The van der Waals surface area contributed by atoms with Gasteiger partial charge in [0.2, 0.25) is 0 Å². The smallest absolute Gasteiger partial charge is 0.301 e. The molecule has 37 heavy (non-hydrogen) atoms. The number of Topliss-reactive ketones (excluding diaryl/α,β-unsaturated/α-hetero) is 1. The van der Waals surface area contributed by atoms with Crippen molar-refractivity contribution >= 4 is 55.7 Å². The number of aliphatic hydroxyl groups excluding tert-OH is 1. The molecule has 1 saturated heterocycles. The minimum absolute atomic E-state index is 0.0777. The number of anilines is 1. The number of hydrogen-bond donors (Lipinski definition) is 1. The molecular formula is C28H23ClN2O5S. The maximum atomic E-state index is 13.6. The van der Waals surface area contributed by atoms with Gasteiger partial charge in [0.05, 0.1) is 30.0 Å². The topological polar surface area (TPSA) is 89.0 Å². The number of halogens is 1. The number of benzene rings is 3. The number of rotatable bonds is 5. The third-order valence-corrected chi connectivity index (χ3v) is 7.57. The van der Waals surface area contributed by atoms with E-state index in [9.17, 15) is 14.7 Å². The van der Waals surface area contributed by atoms with Gasteiger partial charge in [-0.1, -0.05) is 41.1 Å². The second-order valence-corrected chi connectivity index (χ2v) is 10.1. The largest absolute Gasteiger partial charge is 0.507 e. The van der Waals surface area contributed by atoms with Crippen LogP contribution >= 0.6 is 22.9 Å². The van der Waals surface area contributed by atoms with E-state index in [4.69, 9.17) is 26.1 Å². The van der Waals surface area contributed by atoms with Gasteiger partial charge in [-0.2, -0.15) is 0 Å². The normalized spacial score (nSPS) is 17.0. The highest BCUT2D eigenvalue weighted by Gasteiger charge is 2.49. The van der Waals surface area contributed by atoms with Crippen LogP contribution in [-0.4, -0.2) is 36.0 Å². The summed E-state index contributed by atoms with van der Waals surface area (Å²) in [5.74, 6) is -1.17. The second kappa shape index (κ2) is 9.53. The van der Waals surface area contributed by atoms with Crippen LogP contribution in [0.15, 0.2) is 60.2 Å². The summed E-state index contributed by atoms with van der Waals surface area (Å²) >= 11 is 7.34. The predicted molar refractivity (Wildman–Crippen MR) is 145 cm³/mol. The van der Waals surface area contributed by atoms with Gasteiger partial charge in [-0.3, -0.25) is 14.5 Å². The van der Waals surface area contributed by atoms with Gasteiger partial charge in [0.25, 0.3) is 5.78 Å². The number of aryl methyl sites for hydroxylation is 2. The number of nitrogens with zero attached hydrogens (tertiary/aromatic N) is 2. The molecule has 1 aromatic heterocycles. The molecular weight excluding hydrogens is 512 g/mol. The van der Waals surface area contributed by atoms with Gasteiger partial charge in [-0.25, -0.2) is 4.98 Å². The number of ether oxygens (including phenoxy) is 2. The van der Waals surface area contributed by atoms with Gasteiger partial charge >= 0.3 is 5.91 Å². The van der Waals surface area contributed by atoms with E-state index in [1.54, 1.807) is 42.5 Å². The molecule has 1 fully saturated rings. The number of para-hydroxylation sites is 1. The molecule has 0 saturated carbocycles. The number of carbonyl (C=O) groups excluding carboxylic acids is 2. The van der Waals surface area contributed by atoms with Crippen LogP contribution in [0.4, 0.5) is 5.13 Å². The molecule has 1 amide bonds. The van der Waals surface area contributed by atoms with Crippen molar-refractivity contribution < 1.29 is 24.2 Å². The van der Waals surface area contributed by atoms with Crippen LogP contribution in [0.2, 0.25) is 5.02 Å². The summed E-state index contributed by atoms with van der Waals surface area (Å²) in [4.78, 5) is 33.2. The molecule has 1 atom stereocenters. The Bertz CT molecular complexity index is 1590. The zero-order chi connectivity index (χ0) is 26.4. The van der Waals surface area contributed by atoms with E-state index in [1.807, 2.05) is 26.0 Å². The van der Waals surface area contributed by atoms with E-state index in [0.29, 0.717) is 32.8 Å². The van der Waals surface area contributed by atoms with Gasteiger partial charge in [-0.15, -0.1) is 0 Å². The standard InChI is InChI=1S/C28H23ClN2O5S/c1-14-12-15(2)22-20(13-14)37-28(30-22)31-23(18-6-5-7-19(35-3)26(18)36-4)21(25(33)27(31)34)24(32)16-8-10-17(29)11-9-16/h5-13,23,32H,1-4H3/b24-21+/t23-/m0/s1. The number of amides is 1. The number of aromatic nitrogens is 1. The Labute approximate surface area is 222 Å². The number of methoxy groups -OCH3 is 2. The lowest BCUT2D eigenvalue weighted by Gasteiger charge is -2.25. The van der Waals surface area contributed by atoms with Gasteiger partial charge in [0.1, 0.15) is 11.8 Å². The van der Waals surface area contributed by atoms with Crippen LogP contribution in [0.3, 0.4) is 0 Å². The zero-order valence-corrected chi connectivity index (χ0v) is 22.1. The zero-order valence-electron chi connectivity index (χ0n) is 20.5. The third-order valence-electron chi connectivity index (χ3n) is 6.31. The van der Waals surface area contributed by atoms with Crippen LogP contribution < -0.4 is 14.4 Å². The van der Waals surface area contributed by atoms with Crippen LogP contribution in [0.25, 0.3) is 16.0 Å². The Morgan fingerprint density at radius 1 is 1.05 bits per heavy atom. The van der Waals surface area contributed by atoms with E-state index in [-0.39, 0.29) is 11.3 Å². The Morgan fingerprint density at radius 2 is 1.78 bits per heavy atom. The minimum atomic E-state index is -1.01. The SMILES string of the molecule is COc1cccc([C@H]2/C(=C(\O)c3ccc(Cl)cc3)C(=O)C(=O)N2c2nc3c(C)cc(C)cc3s2)c1OC. The Morgan fingerprint density at radius 3 is 2.46 bits per heavy atom. The van der Waals surface area contributed by atoms with E-state index >= 15 is 0 Å². The highest BCUT2D eigenvalue weighted by molar-refractivity contribution is 7.22. The number of aliphatic hydroxyl groups is 1. The summed E-state index contributed by atoms with van der Waals surface area (Å²) in [6.07, 6.45) is 0. The average Bonchev–Trinajstić information content (AvgIpc) is 3.42. The van der Waals surface area contributed by atoms with Crippen molar-refractivity contribution in [3.8, 4) is 11.5 Å². The highest BCUT2D eigenvalue weighted by atomic mass is 35.5. The van der Waals surface area contributed by atoms with Crippen molar-refractivity contribution in [1.29, 1.82) is 0 Å². The molecule has 1 aliphatic rings. The van der Waals surface area contributed by atoms with Crippen LogP contribution in [-0.2, 0) is 9.59 Å². The van der Waals surface area contributed by atoms with Crippen molar-refractivity contribution in [2.45, 2.75) is 19.9 Å². The molecule has 5 rings (SSSR count). The molecule has 2 heterocycles. The van der Waals surface area contributed by atoms with Gasteiger partial charge in [0, 0.05) is 16.1 Å². The molecule has 188 valence electrons. The molecule has 1 aliphatic heterocycles. The first-order chi connectivity index (χ1) is 17.7. The van der Waals surface area contributed by atoms with Crippen LogP contribution in [0.1, 0.15) is 28.3 Å². The molecule has 1 N–H and O–H groups in total. The molecule has 0 aliphatic carbocycles. The van der Waals surface area contributed by atoms with Crippen molar-refractivity contribution in [2.75, 3.05) is 19.1 Å². The first-order valence-electron chi connectivity index (χ1n) is 11.4. The Hall–Kier alpha value is -3.88. The number of ketones is 1. The Kier molecular flexibility index (Phi) is 6.39. The summed E-state index contributed by atoms with van der Waals surface area (Å²) in [5.41, 5.74) is 3.53. The predicted octanol–water partition coefficient (Wildman–Crippen LogP) is 6.21. The van der Waals surface area contributed by atoms with Gasteiger partial charge in [0.15, 0.2) is 16.6 Å². The molecule has 9 heteroatoms. The second-order valence-electron chi connectivity index (χ2n) is 8.68. The van der Waals surface area contributed by atoms with Crippen molar-refractivity contribution in [3.05, 3.63) is 87.4 Å². The molecule has 0 bridgehead atoms. The first kappa shape index (κ1) is 24.8. The van der Waals surface area contributed by atoms with E-state index in [1.165, 1.54) is 30.5 Å². The maximum absolute atomic E-state index is 13.6. The summed E-state index contributed by atoms with van der Waals surface area (Å²) in [7, 11) is 2.99. The fraction of sp³-hybridized carbons (Fsp3) is 0.179. The number of thiazole rings is 1. The van der Waals surface area contributed by atoms with Gasteiger partial charge in [-0.05, 0) is 61.4 Å². The summed E-state index contributed by atoms with van der Waals surface area (Å²) in [5, 5.41) is 12.2. The summed E-state index contributed by atoms with van der Waals surface area (Å²) < 4.78 is 12.0. The van der Waals surface area contributed by atoms with Crippen molar-refractivity contribution in [2.24, 2.45) is 0 Å². The maximum Gasteiger partial charge on any atom is 0.301 e.